The van der Waals surface area contributed by atoms with Crippen LogP contribution in [0.15, 0.2) is 23.7 Å². The quantitative estimate of drug-likeness (QED) is 0.568. The molecule has 70 valence electrons. The minimum absolute atomic E-state index is 0.112. The fourth-order valence-corrected chi connectivity index (χ4v) is 2.38. The molecule has 0 unspecified atom stereocenters. The van der Waals surface area contributed by atoms with E-state index in [0.717, 1.165) is 0 Å². The minimum atomic E-state index is -0.112. The predicted octanol–water partition coefficient (Wildman–Crippen LogP) is 1.77. The van der Waals surface area contributed by atoms with E-state index in [1.54, 1.807) is 12.5 Å². The summed E-state index contributed by atoms with van der Waals surface area (Å²) >= 11 is 0. The zero-order valence-electron chi connectivity index (χ0n) is 7.69. The van der Waals surface area contributed by atoms with Gasteiger partial charge in [-0.2, -0.15) is 0 Å². The summed E-state index contributed by atoms with van der Waals surface area (Å²) in [5.74, 6) is 0.729. The van der Waals surface area contributed by atoms with Gasteiger partial charge in [-0.1, -0.05) is 0 Å². The van der Waals surface area contributed by atoms with Crippen molar-refractivity contribution in [2.24, 2.45) is 11.8 Å². The fourth-order valence-electron chi connectivity index (χ4n) is 2.38. The Hall–Kier alpha value is -0.960. The van der Waals surface area contributed by atoms with Crippen LogP contribution in [0.2, 0.25) is 0 Å². The highest BCUT2D eigenvalue weighted by Gasteiger charge is 2.52. The summed E-state index contributed by atoms with van der Waals surface area (Å²) in [7, 11) is 0. The second-order valence-corrected chi connectivity index (χ2v) is 3.92. The maximum atomic E-state index is 5.60. The van der Waals surface area contributed by atoms with E-state index in [1.807, 2.05) is 0 Å². The zero-order chi connectivity index (χ0) is 9.00. The molecule has 13 heavy (non-hydrogen) atoms. The van der Waals surface area contributed by atoms with E-state index in [1.165, 1.54) is 11.1 Å². The van der Waals surface area contributed by atoms with Crippen molar-refractivity contribution in [2.75, 3.05) is 0 Å². The average molecular weight is 180 g/mol. The Morgan fingerprint density at radius 3 is 1.85 bits per heavy atom. The molecule has 3 heteroatoms. The maximum Gasteiger partial charge on any atom is 0.210 e. The first-order valence-corrected chi connectivity index (χ1v) is 4.57. The number of ether oxygens (including phenoxy) is 3. The van der Waals surface area contributed by atoms with Gasteiger partial charge in [0, 0.05) is 0 Å². The van der Waals surface area contributed by atoms with Crippen LogP contribution in [0.4, 0.5) is 0 Å². The van der Waals surface area contributed by atoms with E-state index < -0.39 is 0 Å². The van der Waals surface area contributed by atoms with Crippen LogP contribution >= 0.6 is 0 Å². The smallest absolute Gasteiger partial charge is 0.210 e. The van der Waals surface area contributed by atoms with Gasteiger partial charge in [-0.15, -0.1) is 0 Å². The van der Waals surface area contributed by atoms with E-state index in [4.69, 9.17) is 14.2 Å². The second-order valence-electron chi connectivity index (χ2n) is 3.92. The molecule has 4 atom stereocenters. The van der Waals surface area contributed by atoms with Crippen LogP contribution in [0.3, 0.4) is 0 Å². The predicted molar refractivity (Wildman–Crippen MR) is 45.3 cm³/mol. The van der Waals surface area contributed by atoms with Crippen LogP contribution in [0, 0.1) is 11.8 Å². The SMILES string of the molecule is CC1=CO[C@@H]2O[C@H]3OC=C(C)[C@H]3[C@H]12. The molecule has 0 aromatic heterocycles. The third-order valence-electron chi connectivity index (χ3n) is 3.07. The van der Waals surface area contributed by atoms with Crippen molar-refractivity contribution in [3.05, 3.63) is 23.7 Å². The fraction of sp³-hybridized carbons (Fsp3) is 0.600. The van der Waals surface area contributed by atoms with Gasteiger partial charge in [0.15, 0.2) is 0 Å². The van der Waals surface area contributed by atoms with Crippen LogP contribution < -0.4 is 0 Å². The number of fused-ring (bicyclic) bond motifs is 3. The molecule has 3 nitrogen and oxygen atoms in total. The van der Waals surface area contributed by atoms with Gasteiger partial charge in [-0.25, -0.2) is 0 Å². The molecule has 0 bridgehead atoms. The molecule has 0 aliphatic carbocycles. The van der Waals surface area contributed by atoms with E-state index in [-0.39, 0.29) is 12.6 Å². The van der Waals surface area contributed by atoms with Gasteiger partial charge in [-0.05, 0) is 25.0 Å². The van der Waals surface area contributed by atoms with Crippen molar-refractivity contribution in [1.82, 2.24) is 0 Å². The van der Waals surface area contributed by atoms with E-state index in [2.05, 4.69) is 13.8 Å². The number of hydrogen-bond acceptors (Lipinski definition) is 3. The lowest BCUT2D eigenvalue weighted by Crippen LogP contribution is -2.19. The molecule has 1 fully saturated rings. The standard InChI is InChI=1S/C10H12O3/c1-5-3-11-9-7(5)8-6(2)4-12-10(8)13-9/h3-4,7-10H,1-2H3/t7-,8-,9+,10+/m0/s1. The molecule has 1 saturated heterocycles. The topological polar surface area (TPSA) is 27.7 Å². The van der Waals surface area contributed by atoms with E-state index in [9.17, 15) is 0 Å². The molecule has 0 amide bonds. The molecule has 0 spiro atoms. The Balaban J connectivity index is 1.96. The molecule has 0 radical (unpaired) electrons. The summed E-state index contributed by atoms with van der Waals surface area (Å²) in [5, 5.41) is 0. The molecule has 3 heterocycles. The molecular formula is C10H12O3. The normalized spacial score (nSPS) is 46.0. The second kappa shape index (κ2) is 2.29. The number of rotatable bonds is 0. The average Bonchev–Trinajstić information content (AvgIpc) is 2.69. The zero-order valence-corrected chi connectivity index (χ0v) is 7.69. The molecule has 0 aromatic carbocycles. The van der Waals surface area contributed by atoms with Crippen LogP contribution in [0.25, 0.3) is 0 Å². The van der Waals surface area contributed by atoms with Gasteiger partial charge in [0.05, 0.1) is 24.4 Å². The van der Waals surface area contributed by atoms with Gasteiger partial charge >= 0.3 is 0 Å². The Labute approximate surface area is 77.0 Å². The van der Waals surface area contributed by atoms with Crippen LogP contribution in [0.5, 0.6) is 0 Å². The highest BCUT2D eigenvalue weighted by Crippen LogP contribution is 2.48. The van der Waals surface area contributed by atoms with Gasteiger partial charge in [0.1, 0.15) is 0 Å². The van der Waals surface area contributed by atoms with Gasteiger partial charge in [-0.3, -0.25) is 0 Å². The van der Waals surface area contributed by atoms with Gasteiger partial charge < -0.3 is 14.2 Å². The summed E-state index contributed by atoms with van der Waals surface area (Å²) in [4.78, 5) is 0. The minimum Gasteiger partial charge on any atom is -0.472 e. The van der Waals surface area contributed by atoms with Gasteiger partial charge in [0.2, 0.25) is 12.6 Å². The molecular weight excluding hydrogens is 168 g/mol. The molecule has 0 N–H and O–H groups in total. The van der Waals surface area contributed by atoms with Crippen LogP contribution in [0.1, 0.15) is 13.8 Å². The first-order chi connectivity index (χ1) is 6.27. The number of hydrogen-bond donors (Lipinski definition) is 0. The summed E-state index contributed by atoms with van der Waals surface area (Å²) in [6, 6.07) is 0. The van der Waals surface area contributed by atoms with Crippen molar-refractivity contribution >= 4 is 0 Å². The van der Waals surface area contributed by atoms with Crippen molar-refractivity contribution in [2.45, 2.75) is 26.4 Å². The Morgan fingerprint density at radius 2 is 1.38 bits per heavy atom. The lowest BCUT2D eigenvalue weighted by Gasteiger charge is -2.13. The summed E-state index contributed by atoms with van der Waals surface area (Å²) < 4.78 is 16.4. The monoisotopic (exact) mass is 180 g/mol. The summed E-state index contributed by atoms with van der Waals surface area (Å²) in [6.45, 7) is 4.17. The Kier molecular flexibility index (Phi) is 1.31. The van der Waals surface area contributed by atoms with Crippen molar-refractivity contribution < 1.29 is 14.2 Å². The lowest BCUT2D eigenvalue weighted by atomic mass is 9.85. The Morgan fingerprint density at radius 1 is 0.923 bits per heavy atom. The van der Waals surface area contributed by atoms with Crippen molar-refractivity contribution in [3.8, 4) is 0 Å². The molecule has 0 aromatic rings. The Bertz CT molecular complexity index is 275. The van der Waals surface area contributed by atoms with Gasteiger partial charge in [0.25, 0.3) is 0 Å². The lowest BCUT2D eigenvalue weighted by molar-refractivity contribution is -0.166. The summed E-state index contributed by atoms with van der Waals surface area (Å²) in [6.07, 6.45) is 3.38. The maximum absolute atomic E-state index is 5.60. The third-order valence-corrected chi connectivity index (χ3v) is 3.07. The first kappa shape index (κ1) is 7.44. The highest BCUT2D eigenvalue weighted by atomic mass is 16.8. The van der Waals surface area contributed by atoms with E-state index >= 15 is 0 Å². The van der Waals surface area contributed by atoms with Crippen LogP contribution in [-0.4, -0.2) is 12.6 Å². The van der Waals surface area contributed by atoms with Crippen LogP contribution in [-0.2, 0) is 14.2 Å². The van der Waals surface area contributed by atoms with E-state index in [0.29, 0.717) is 11.8 Å². The molecule has 3 aliphatic heterocycles. The molecule has 0 saturated carbocycles. The molecule has 3 aliphatic rings. The van der Waals surface area contributed by atoms with Crippen molar-refractivity contribution in [3.63, 3.8) is 0 Å². The third kappa shape index (κ3) is 0.826. The summed E-state index contributed by atoms with van der Waals surface area (Å²) in [5.41, 5.74) is 2.52. The van der Waals surface area contributed by atoms with Crippen molar-refractivity contribution in [1.29, 1.82) is 0 Å². The largest absolute Gasteiger partial charge is 0.472 e. The first-order valence-electron chi connectivity index (χ1n) is 4.57. The highest BCUT2D eigenvalue weighted by molar-refractivity contribution is 5.21. The molecule has 3 rings (SSSR count).